The minimum Gasteiger partial charge on any atom is -0.356 e. The molecule has 1 atom stereocenters. The van der Waals surface area contributed by atoms with E-state index in [9.17, 15) is 4.79 Å². The van der Waals surface area contributed by atoms with Crippen molar-refractivity contribution in [3.8, 4) is 0 Å². The van der Waals surface area contributed by atoms with E-state index in [0.29, 0.717) is 24.3 Å². The lowest BCUT2D eigenvalue weighted by Gasteiger charge is -2.26. The predicted molar refractivity (Wildman–Crippen MR) is 73.6 cm³/mol. The van der Waals surface area contributed by atoms with Crippen molar-refractivity contribution in [2.75, 3.05) is 13.1 Å². The van der Waals surface area contributed by atoms with Gasteiger partial charge in [-0.25, -0.2) is 0 Å². The zero-order valence-electron chi connectivity index (χ0n) is 12.1. The number of hydrogen-bond acceptors (Lipinski definition) is 2. The third kappa shape index (κ3) is 6.06. The molecule has 0 aliphatic carbocycles. The number of hydrogen-bond donors (Lipinski definition) is 2. The maximum Gasteiger partial charge on any atom is 0.224 e. The van der Waals surface area contributed by atoms with Crippen LogP contribution < -0.4 is 11.1 Å². The van der Waals surface area contributed by atoms with Crippen molar-refractivity contribution < 1.29 is 4.79 Å². The Labute approximate surface area is 107 Å². The molecule has 0 bridgehead atoms. The number of nitrogens with one attached hydrogen (secondary N) is 1. The largest absolute Gasteiger partial charge is 0.356 e. The molecule has 0 radical (unpaired) electrons. The summed E-state index contributed by atoms with van der Waals surface area (Å²) < 4.78 is 0. The molecule has 0 spiro atoms. The number of rotatable bonds is 8. The highest BCUT2D eigenvalue weighted by Crippen LogP contribution is 2.19. The van der Waals surface area contributed by atoms with E-state index in [2.05, 4.69) is 39.9 Å². The maximum atomic E-state index is 11.9. The third-order valence-corrected chi connectivity index (χ3v) is 3.52. The molecular weight excluding hydrogens is 212 g/mol. The van der Waals surface area contributed by atoms with E-state index in [4.69, 9.17) is 5.73 Å². The molecule has 3 heteroatoms. The smallest absolute Gasteiger partial charge is 0.224 e. The maximum absolute atomic E-state index is 11.9. The summed E-state index contributed by atoms with van der Waals surface area (Å²) in [4.78, 5) is 11.9. The van der Waals surface area contributed by atoms with Gasteiger partial charge >= 0.3 is 0 Å². The number of amides is 1. The van der Waals surface area contributed by atoms with E-state index in [-0.39, 0.29) is 11.8 Å². The third-order valence-electron chi connectivity index (χ3n) is 3.52. The zero-order valence-corrected chi connectivity index (χ0v) is 12.1. The van der Waals surface area contributed by atoms with Crippen LogP contribution in [0.15, 0.2) is 0 Å². The van der Waals surface area contributed by atoms with Gasteiger partial charge in [0.1, 0.15) is 0 Å². The Morgan fingerprint density at radius 2 is 1.71 bits per heavy atom. The van der Waals surface area contributed by atoms with Crippen LogP contribution in [0, 0.1) is 23.7 Å². The lowest BCUT2D eigenvalue weighted by molar-refractivity contribution is -0.125. The molecule has 1 amide bonds. The lowest BCUT2D eigenvalue weighted by atomic mass is 9.85. The van der Waals surface area contributed by atoms with E-state index in [1.807, 2.05) is 0 Å². The molecule has 0 aliphatic heterocycles. The van der Waals surface area contributed by atoms with Crippen LogP contribution in [0.25, 0.3) is 0 Å². The average Bonchev–Trinajstić information content (AvgIpc) is 2.24. The molecule has 0 saturated carbocycles. The second kappa shape index (κ2) is 8.51. The van der Waals surface area contributed by atoms with Gasteiger partial charge in [0.2, 0.25) is 5.91 Å². The van der Waals surface area contributed by atoms with Crippen LogP contribution in [-0.2, 0) is 4.79 Å². The molecule has 0 aromatic carbocycles. The predicted octanol–water partition coefficient (Wildman–Crippen LogP) is 2.41. The standard InChI is InChI=1S/C14H30N2O/c1-6-7-12(8-15)14(17)16-9-13(10(2)3)11(4)5/h10-13H,6-9,15H2,1-5H3,(H,16,17). The summed E-state index contributed by atoms with van der Waals surface area (Å²) in [6.45, 7) is 12.2. The Bertz CT molecular complexity index is 206. The van der Waals surface area contributed by atoms with E-state index < -0.39 is 0 Å². The molecule has 0 aliphatic rings. The van der Waals surface area contributed by atoms with Crippen LogP contribution in [0.2, 0.25) is 0 Å². The molecular formula is C14H30N2O. The van der Waals surface area contributed by atoms with Crippen LogP contribution in [0.5, 0.6) is 0 Å². The molecule has 0 heterocycles. The minimum absolute atomic E-state index is 0.0139. The van der Waals surface area contributed by atoms with Crippen LogP contribution in [0.1, 0.15) is 47.5 Å². The molecule has 0 saturated heterocycles. The Morgan fingerprint density at radius 1 is 1.18 bits per heavy atom. The van der Waals surface area contributed by atoms with Gasteiger partial charge in [0.15, 0.2) is 0 Å². The monoisotopic (exact) mass is 242 g/mol. The summed E-state index contributed by atoms with van der Waals surface area (Å²) in [6, 6.07) is 0. The highest BCUT2D eigenvalue weighted by Gasteiger charge is 2.20. The molecule has 0 rings (SSSR count). The summed E-state index contributed by atoms with van der Waals surface area (Å²) in [5.74, 6) is 1.84. The van der Waals surface area contributed by atoms with Crippen molar-refractivity contribution in [1.29, 1.82) is 0 Å². The zero-order chi connectivity index (χ0) is 13.4. The van der Waals surface area contributed by atoms with Gasteiger partial charge in [0.25, 0.3) is 0 Å². The lowest BCUT2D eigenvalue weighted by Crippen LogP contribution is -2.39. The normalized spacial score (nSPS) is 13.5. The number of carbonyl (C=O) groups is 1. The van der Waals surface area contributed by atoms with Crippen LogP contribution in [0.3, 0.4) is 0 Å². The summed E-state index contributed by atoms with van der Waals surface area (Å²) in [7, 11) is 0. The Kier molecular flexibility index (Phi) is 8.23. The van der Waals surface area contributed by atoms with Crippen LogP contribution in [0.4, 0.5) is 0 Å². The topological polar surface area (TPSA) is 55.1 Å². The quantitative estimate of drug-likeness (QED) is 0.687. The van der Waals surface area contributed by atoms with Crippen LogP contribution >= 0.6 is 0 Å². The number of nitrogens with two attached hydrogens (primary N) is 1. The molecule has 1 unspecified atom stereocenters. The Morgan fingerprint density at radius 3 is 2.06 bits per heavy atom. The molecule has 17 heavy (non-hydrogen) atoms. The summed E-state index contributed by atoms with van der Waals surface area (Å²) in [5.41, 5.74) is 5.62. The van der Waals surface area contributed by atoms with Crippen molar-refractivity contribution in [3.63, 3.8) is 0 Å². The SMILES string of the molecule is CCCC(CN)C(=O)NCC(C(C)C)C(C)C. The Hall–Kier alpha value is -0.570. The second-order valence-electron chi connectivity index (χ2n) is 5.62. The summed E-state index contributed by atoms with van der Waals surface area (Å²) in [6.07, 6.45) is 1.89. The fourth-order valence-electron chi connectivity index (χ4n) is 2.31. The van der Waals surface area contributed by atoms with Gasteiger partial charge in [-0.1, -0.05) is 41.0 Å². The van der Waals surface area contributed by atoms with Crippen LogP contribution in [-0.4, -0.2) is 19.0 Å². The van der Waals surface area contributed by atoms with E-state index in [1.54, 1.807) is 0 Å². The average molecular weight is 242 g/mol. The fraction of sp³-hybridized carbons (Fsp3) is 0.929. The van der Waals surface area contributed by atoms with Crippen molar-refractivity contribution in [2.24, 2.45) is 29.4 Å². The molecule has 3 nitrogen and oxygen atoms in total. The number of carbonyl (C=O) groups excluding carboxylic acids is 1. The first-order chi connectivity index (χ1) is 7.93. The van der Waals surface area contributed by atoms with Gasteiger partial charge in [-0.2, -0.15) is 0 Å². The van der Waals surface area contributed by atoms with E-state index in [0.717, 1.165) is 19.4 Å². The van der Waals surface area contributed by atoms with Gasteiger partial charge in [0, 0.05) is 13.1 Å². The fourth-order valence-corrected chi connectivity index (χ4v) is 2.31. The first-order valence-corrected chi connectivity index (χ1v) is 6.91. The second-order valence-corrected chi connectivity index (χ2v) is 5.62. The van der Waals surface area contributed by atoms with Crippen molar-refractivity contribution in [2.45, 2.75) is 47.5 Å². The van der Waals surface area contributed by atoms with Crippen molar-refractivity contribution in [3.05, 3.63) is 0 Å². The van der Waals surface area contributed by atoms with Gasteiger partial charge in [-0.3, -0.25) is 4.79 Å². The molecule has 0 fully saturated rings. The van der Waals surface area contributed by atoms with E-state index >= 15 is 0 Å². The molecule has 0 aromatic heterocycles. The Balaban J connectivity index is 4.19. The van der Waals surface area contributed by atoms with Gasteiger partial charge in [-0.05, 0) is 24.2 Å². The van der Waals surface area contributed by atoms with E-state index in [1.165, 1.54) is 0 Å². The summed E-state index contributed by atoms with van der Waals surface area (Å²) >= 11 is 0. The first kappa shape index (κ1) is 16.4. The highest BCUT2D eigenvalue weighted by atomic mass is 16.1. The molecule has 0 aromatic rings. The summed E-state index contributed by atoms with van der Waals surface area (Å²) in [5, 5.41) is 3.06. The molecule has 102 valence electrons. The molecule has 3 N–H and O–H groups in total. The minimum atomic E-state index is -0.0139. The highest BCUT2D eigenvalue weighted by molar-refractivity contribution is 5.78. The van der Waals surface area contributed by atoms with Gasteiger partial charge < -0.3 is 11.1 Å². The van der Waals surface area contributed by atoms with Gasteiger partial charge in [0.05, 0.1) is 5.92 Å². The van der Waals surface area contributed by atoms with Gasteiger partial charge in [-0.15, -0.1) is 0 Å². The van der Waals surface area contributed by atoms with Crippen molar-refractivity contribution >= 4 is 5.91 Å². The van der Waals surface area contributed by atoms with Crippen molar-refractivity contribution in [1.82, 2.24) is 5.32 Å². The first-order valence-electron chi connectivity index (χ1n) is 6.91.